The molecule has 2 aromatic carbocycles. The zero-order valence-electron chi connectivity index (χ0n) is 13.8. The van der Waals surface area contributed by atoms with Gasteiger partial charge in [0.15, 0.2) is 23.2 Å². The summed E-state index contributed by atoms with van der Waals surface area (Å²) in [6.07, 6.45) is -0.176. The number of carbonyl (C=O) groups excluding carboxylic acids is 1. The lowest BCUT2D eigenvalue weighted by molar-refractivity contribution is 0.104. The molecule has 0 radical (unpaired) electrons. The molecule has 27 heavy (non-hydrogen) atoms. The van der Waals surface area contributed by atoms with Crippen molar-refractivity contribution < 1.29 is 27.4 Å². The molecule has 0 N–H and O–H groups in total. The van der Waals surface area contributed by atoms with E-state index in [1.807, 2.05) is 0 Å². The summed E-state index contributed by atoms with van der Waals surface area (Å²) in [6, 6.07) is 6.41. The second kappa shape index (κ2) is 7.32. The van der Waals surface area contributed by atoms with Gasteiger partial charge in [0, 0.05) is 10.7 Å². The summed E-state index contributed by atoms with van der Waals surface area (Å²) >= 11 is 5.83. The van der Waals surface area contributed by atoms with Gasteiger partial charge in [-0.05, 0) is 37.3 Å². The minimum Gasteiger partial charge on any atom is -0.434 e. The molecule has 0 aliphatic rings. The van der Waals surface area contributed by atoms with Gasteiger partial charge in [0.05, 0.1) is 23.7 Å². The Labute approximate surface area is 155 Å². The molecular formula is C18H11ClF3NO4. The first-order valence-corrected chi connectivity index (χ1v) is 8.04. The van der Waals surface area contributed by atoms with Crippen molar-refractivity contribution in [3.05, 3.63) is 69.2 Å². The second-order valence-electron chi connectivity index (χ2n) is 5.34. The summed E-state index contributed by atoms with van der Waals surface area (Å²) in [5, 5.41) is -0.132. The molecule has 0 aliphatic carbocycles. The fourth-order valence-electron chi connectivity index (χ4n) is 2.48. The lowest BCUT2D eigenvalue weighted by Gasteiger charge is -2.14. The molecule has 0 aliphatic heterocycles. The van der Waals surface area contributed by atoms with Crippen LogP contribution in [0.1, 0.15) is 6.92 Å². The standard InChI is InChI=1S/C18H11ClF3NO4/c1-2-26-18(25)27-13-8-23(10-5-3-9(19)4-6-10)16-11(17(13)24)7-12(20)14(21)15(16)22/h3-8H,2H2,1H3. The van der Waals surface area contributed by atoms with Crippen molar-refractivity contribution in [1.29, 1.82) is 0 Å². The normalized spacial score (nSPS) is 10.9. The van der Waals surface area contributed by atoms with E-state index in [0.29, 0.717) is 11.1 Å². The maximum absolute atomic E-state index is 14.4. The van der Waals surface area contributed by atoms with Gasteiger partial charge in [-0.2, -0.15) is 0 Å². The first kappa shape index (κ1) is 18.8. The van der Waals surface area contributed by atoms with E-state index < -0.39 is 45.7 Å². The number of aromatic nitrogens is 1. The van der Waals surface area contributed by atoms with Crippen molar-refractivity contribution in [3.8, 4) is 11.4 Å². The van der Waals surface area contributed by atoms with Crippen LogP contribution in [-0.4, -0.2) is 17.3 Å². The fourth-order valence-corrected chi connectivity index (χ4v) is 2.61. The van der Waals surface area contributed by atoms with Crippen LogP contribution in [-0.2, 0) is 4.74 Å². The molecule has 0 atom stereocenters. The summed E-state index contributed by atoms with van der Waals surface area (Å²) in [7, 11) is 0. The van der Waals surface area contributed by atoms with Gasteiger partial charge in [0.25, 0.3) is 0 Å². The van der Waals surface area contributed by atoms with Crippen molar-refractivity contribution >= 4 is 28.7 Å². The van der Waals surface area contributed by atoms with E-state index in [4.69, 9.17) is 16.3 Å². The van der Waals surface area contributed by atoms with E-state index >= 15 is 0 Å². The number of halogens is 4. The van der Waals surface area contributed by atoms with Crippen LogP contribution >= 0.6 is 11.6 Å². The Hall–Kier alpha value is -3.00. The minimum atomic E-state index is -1.73. The topological polar surface area (TPSA) is 57.5 Å². The number of pyridine rings is 1. The van der Waals surface area contributed by atoms with Crippen molar-refractivity contribution in [2.45, 2.75) is 6.92 Å². The second-order valence-corrected chi connectivity index (χ2v) is 5.77. The molecule has 1 aromatic heterocycles. The molecule has 5 nitrogen and oxygen atoms in total. The molecule has 0 fully saturated rings. The van der Waals surface area contributed by atoms with Gasteiger partial charge in [-0.15, -0.1) is 0 Å². The number of nitrogens with zero attached hydrogens (tertiary/aromatic N) is 1. The molecule has 0 spiro atoms. The third-order valence-corrected chi connectivity index (χ3v) is 3.90. The highest BCUT2D eigenvalue weighted by atomic mass is 35.5. The van der Waals surface area contributed by atoms with E-state index in [1.54, 1.807) is 0 Å². The smallest absolute Gasteiger partial charge is 0.434 e. The molecule has 9 heteroatoms. The zero-order valence-corrected chi connectivity index (χ0v) is 14.5. The van der Waals surface area contributed by atoms with Crippen LogP contribution in [0.3, 0.4) is 0 Å². The molecule has 0 bridgehead atoms. The molecule has 3 aromatic rings. The van der Waals surface area contributed by atoms with Gasteiger partial charge in [-0.25, -0.2) is 18.0 Å². The van der Waals surface area contributed by atoms with Gasteiger partial charge in [-0.1, -0.05) is 11.6 Å². The third kappa shape index (κ3) is 3.48. The van der Waals surface area contributed by atoms with Crippen LogP contribution in [0.5, 0.6) is 5.75 Å². The molecule has 0 saturated carbocycles. The maximum Gasteiger partial charge on any atom is 0.514 e. The van der Waals surface area contributed by atoms with E-state index in [-0.39, 0.29) is 12.3 Å². The molecule has 0 amide bonds. The Bertz CT molecular complexity index is 1100. The van der Waals surface area contributed by atoms with E-state index in [2.05, 4.69) is 4.74 Å². The highest BCUT2D eigenvalue weighted by molar-refractivity contribution is 6.30. The molecule has 140 valence electrons. The third-order valence-electron chi connectivity index (χ3n) is 3.65. The Kier molecular flexibility index (Phi) is 5.09. The van der Waals surface area contributed by atoms with Crippen LogP contribution in [0.4, 0.5) is 18.0 Å². The summed E-state index contributed by atoms with van der Waals surface area (Å²) < 4.78 is 52.4. The lowest BCUT2D eigenvalue weighted by Crippen LogP contribution is -2.19. The van der Waals surface area contributed by atoms with Gasteiger partial charge in [-0.3, -0.25) is 4.79 Å². The minimum absolute atomic E-state index is 0.00768. The van der Waals surface area contributed by atoms with Crippen molar-refractivity contribution in [2.75, 3.05) is 6.61 Å². The Balaban J connectivity index is 2.35. The molecule has 3 rings (SSSR count). The average molecular weight is 398 g/mol. The largest absolute Gasteiger partial charge is 0.514 e. The quantitative estimate of drug-likeness (QED) is 0.479. The SMILES string of the molecule is CCOC(=O)Oc1cn(-c2ccc(Cl)cc2)c2c(F)c(F)c(F)cc2c1=O. The Morgan fingerprint density at radius 3 is 2.44 bits per heavy atom. The number of hydrogen-bond acceptors (Lipinski definition) is 4. The number of hydrogen-bond donors (Lipinski definition) is 0. The number of fused-ring (bicyclic) bond motifs is 1. The van der Waals surface area contributed by atoms with Crippen LogP contribution in [0.15, 0.2) is 41.3 Å². The molecule has 0 unspecified atom stereocenters. The van der Waals surface area contributed by atoms with Gasteiger partial charge in [0.1, 0.15) is 0 Å². The average Bonchev–Trinajstić information content (AvgIpc) is 2.63. The summed E-state index contributed by atoms with van der Waals surface area (Å²) in [5.74, 6) is -5.38. The Morgan fingerprint density at radius 2 is 1.81 bits per heavy atom. The zero-order chi connectivity index (χ0) is 19.7. The number of benzene rings is 2. The number of rotatable bonds is 3. The first-order chi connectivity index (χ1) is 12.8. The van der Waals surface area contributed by atoms with Gasteiger partial charge >= 0.3 is 6.16 Å². The predicted octanol–water partition coefficient (Wildman–Crippen LogP) is 4.60. The van der Waals surface area contributed by atoms with Crippen LogP contribution < -0.4 is 10.2 Å². The Morgan fingerprint density at radius 1 is 1.15 bits per heavy atom. The summed E-state index contributed by atoms with van der Waals surface area (Å²) in [4.78, 5) is 24.1. The number of carbonyl (C=O) groups is 1. The lowest BCUT2D eigenvalue weighted by atomic mass is 10.1. The van der Waals surface area contributed by atoms with Crippen molar-refractivity contribution in [2.24, 2.45) is 0 Å². The molecule has 0 saturated heterocycles. The van der Waals surface area contributed by atoms with E-state index in [9.17, 15) is 22.8 Å². The van der Waals surface area contributed by atoms with Crippen molar-refractivity contribution in [1.82, 2.24) is 4.57 Å². The van der Waals surface area contributed by atoms with Crippen molar-refractivity contribution in [3.63, 3.8) is 0 Å². The predicted molar refractivity (Wildman–Crippen MR) is 92.1 cm³/mol. The molecule has 1 heterocycles. The highest BCUT2D eigenvalue weighted by Crippen LogP contribution is 2.27. The number of ether oxygens (including phenoxy) is 2. The molecular weight excluding hydrogens is 387 g/mol. The highest BCUT2D eigenvalue weighted by Gasteiger charge is 2.22. The van der Waals surface area contributed by atoms with Crippen LogP contribution in [0.2, 0.25) is 5.02 Å². The van der Waals surface area contributed by atoms with Crippen LogP contribution in [0.25, 0.3) is 16.6 Å². The van der Waals surface area contributed by atoms with E-state index in [1.165, 1.54) is 31.2 Å². The maximum atomic E-state index is 14.4. The summed E-state index contributed by atoms with van der Waals surface area (Å²) in [5.41, 5.74) is -1.25. The van der Waals surface area contributed by atoms with Gasteiger partial charge in [0.2, 0.25) is 5.43 Å². The monoisotopic (exact) mass is 397 g/mol. The first-order valence-electron chi connectivity index (χ1n) is 7.67. The van der Waals surface area contributed by atoms with Crippen LogP contribution in [0, 0.1) is 17.5 Å². The summed E-state index contributed by atoms with van der Waals surface area (Å²) in [6.45, 7) is 1.52. The fraction of sp³-hybridized carbons (Fsp3) is 0.111. The van der Waals surface area contributed by atoms with Gasteiger partial charge < -0.3 is 14.0 Å². The van der Waals surface area contributed by atoms with E-state index in [0.717, 1.165) is 10.8 Å².